The van der Waals surface area contributed by atoms with E-state index in [4.69, 9.17) is 26.8 Å². The lowest BCUT2D eigenvalue weighted by Crippen LogP contribution is -2.44. The minimum Gasteiger partial charge on any atom is -0.480 e. The second-order valence-corrected chi connectivity index (χ2v) is 6.22. The van der Waals surface area contributed by atoms with E-state index in [0.29, 0.717) is 19.4 Å². The summed E-state index contributed by atoms with van der Waals surface area (Å²) < 4.78 is 0. The van der Waals surface area contributed by atoms with Gasteiger partial charge < -0.3 is 37.4 Å². The SMILES string of the molecule is NCCCCC(NC(=O)CCC(NC(=O)CCC(N)C(=O)O)C(=O)O)C(=O)O. The van der Waals surface area contributed by atoms with Crippen molar-refractivity contribution in [2.24, 2.45) is 11.5 Å². The molecule has 0 saturated heterocycles. The zero-order valence-corrected chi connectivity index (χ0v) is 15.4. The summed E-state index contributed by atoms with van der Waals surface area (Å²) in [6.45, 7) is 0.400. The Hall–Kier alpha value is -2.73. The third-order valence-corrected chi connectivity index (χ3v) is 3.87. The predicted molar refractivity (Wildman–Crippen MR) is 96.1 cm³/mol. The van der Waals surface area contributed by atoms with Gasteiger partial charge in [-0.15, -0.1) is 0 Å². The van der Waals surface area contributed by atoms with Gasteiger partial charge in [-0.25, -0.2) is 9.59 Å². The number of hydrogen-bond acceptors (Lipinski definition) is 7. The molecule has 0 heterocycles. The molecular formula is C16H28N4O8. The van der Waals surface area contributed by atoms with Crippen molar-refractivity contribution in [2.45, 2.75) is 63.1 Å². The van der Waals surface area contributed by atoms with Crippen molar-refractivity contribution in [1.29, 1.82) is 0 Å². The lowest BCUT2D eigenvalue weighted by Gasteiger charge is -2.17. The van der Waals surface area contributed by atoms with Crippen LogP contribution in [0.2, 0.25) is 0 Å². The molecule has 2 amide bonds. The monoisotopic (exact) mass is 404 g/mol. The molecule has 3 atom stereocenters. The fraction of sp³-hybridized carbons (Fsp3) is 0.688. The largest absolute Gasteiger partial charge is 0.480 e. The zero-order valence-electron chi connectivity index (χ0n) is 15.4. The Morgan fingerprint density at radius 1 is 0.714 bits per heavy atom. The van der Waals surface area contributed by atoms with Crippen LogP contribution in [0.15, 0.2) is 0 Å². The normalized spacial score (nSPS) is 13.8. The van der Waals surface area contributed by atoms with Crippen molar-refractivity contribution in [3.05, 3.63) is 0 Å². The number of carbonyl (C=O) groups excluding carboxylic acids is 2. The first-order valence-electron chi connectivity index (χ1n) is 8.81. The zero-order chi connectivity index (χ0) is 21.7. The number of nitrogens with two attached hydrogens (primary N) is 2. The van der Waals surface area contributed by atoms with Crippen LogP contribution in [0.3, 0.4) is 0 Å². The summed E-state index contributed by atoms with van der Waals surface area (Å²) in [6.07, 6.45) is 0.294. The van der Waals surface area contributed by atoms with Crippen molar-refractivity contribution in [2.75, 3.05) is 6.54 Å². The van der Waals surface area contributed by atoms with E-state index in [2.05, 4.69) is 10.6 Å². The first kappa shape index (κ1) is 25.3. The van der Waals surface area contributed by atoms with Gasteiger partial charge in [-0.05, 0) is 38.6 Å². The quantitative estimate of drug-likeness (QED) is 0.152. The average molecular weight is 404 g/mol. The van der Waals surface area contributed by atoms with Gasteiger partial charge in [-0.3, -0.25) is 14.4 Å². The smallest absolute Gasteiger partial charge is 0.326 e. The third-order valence-electron chi connectivity index (χ3n) is 3.87. The van der Waals surface area contributed by atoms with Crippen molar-refractivity contribution in [3.8, 4) is 0 Å². The Morgan fingerprint density at radius 2 is 1.18 bits per heavy atom. The number of hydrogen-bond donors (Lipinski definition) is 7. The van der Waals surface area contributed by atoms with Crippen LogP contribution >= 0.6 is 0 Å². The molecule has 0 radical (unpaired) electrons. The second-order valence-electron chi connectivity index (χ2n) is 6.22. The van der Waals surface area contributed by atoms with E-state index in [-0.39, 0.29) is 32.1 Å². The van der Waals surface area contributed by atoms with Crippen molar-refractivity contribution < 1.29 is 39.3 Å². The number of rotatable bonds is 15. The lowest BCUT2D eigenvalue weighted by atomic mass is 10.1. The van der Waals surface area contributed by atoms with E-state index in [1.807, 2.05) is 0 Å². The second kappa shape index (κ2) is 13.4. The number of amides is 2. The Balaban J connectivity index is 4.50. The third kappa shape index (κ3) is 11.1. The summed E-state index contributed by atoms with van der Waals surface area (Å²) in [6, 6.07) is -3.72. The standard InChI is InChI=1S/C16H28N4O8/c17-8-2-1-3-10(15(25)26)19-13(22)7-5-11(16(27)28)20-12(21)6-4-9(18)14(23)24/h9-11H,1-8,17-18H2,(H,19,22)(H,20,21)(H,23,24)(H,25,26)(H,27,28). The summed E-state index contributed by atoms with van der Waals surface area (Å²) in [5.41, 5.74) is 10.6. The molecule has 0 fully saturated rings. The fourth-order valence-electron chi connectivity index (χ4n) is 2.23. The van der Waals surface area contributed by atoms with Gasteiger partial charge in [-0.1, -0.05) is 0 Å². The van der Waals surface area contributed by atoms with Gasteiger partial charge in [0.15, 0.2) is 0 Å². The Bertz CT molecular complexity index is 569. The molecular weight excluding hydrogens is 376 g/mol. The molecule has 3 unspecified atom stereocenters. The summed E-state index contributed by atoms with van der Waals surface area (Å²) >= 11 is 0. The molecule has 0 aromatic carbocycles. The number of carboxylic acids is 3. The van der Waals surface area contributed by atoms with E-state index in [9.17, 15) is 24.0 Å². The van der Waals surface area contributed by atoms with E-state index in [1.165, 1.54) is 0 Å². The molecule has 0 saturated carbocycles. The molecule has 0 aliphatic rings. The first-order valence-corrected chi connectivity index (χ1v) is 8.81. The molecule has 0 rings (SSSR count). The lowest BCUT2D eigenvalue weighted by molar-refractivity contribution is -0.143. The van der Waals surface area contributed by atoms with Gasteiger partial charge in [0.2, 0.25) is 11.8 Å². The van der Waals surface area contributed by atoms with Crippen molar-refractivity contribution in [3.63, 3.8) is 0 Å². The molecule has 0 bridgehead atoms. The number of aliphatic carboxylic acids is 3. The minimum absolute atomic E-state index is 0.170. The maximum Gasteiger partial charge on any atom is 0.326 e. The fourth-order valence-corrected chi connectivity index (χ4v) is 2.23. The molecule has 12 nitrogen and oxygen atoms in total. The summed E-state index contributed by atoms with van der Waals surface area (Å²) in [7, 11) is 0. The Morgan fingerprint density at radius 3 is 1.61 bits per heavy atom. The summed E-state index contributed by atoms with van der Waals surface area (Å²) in [5, 5.41) is 31.4. The Kier molecular flexibility index (Phi) is 12.1. The van der Waals surface area contributed by atoms with E-state index < -0.39 is 47.8 Å². The van der Waals surface area contributed by atoms with Crippen LogP contribution in [0.1, 0.15) is 44.9 Å². The van der Waals surface area contributed by atoms with Gasteiger partial charge >= 0.3 is 17.9 Å². The maximum absolute atomic E-state index is 11.9. The van der Waals surface area contributed by atoms with Gasteiger partial charge in [0.1, 0.15) is 18.1 Å². The highest BCUT2D eigenvalue weighted by molar-refractivity contribution is 5.86. The first-order chi connectivity index (χ1) is 13.1. The molecule has 0 aromatic heterocycles. The molecule has 0 aliphatic heterocycles. The van der Waals surface area contributed by atoms with E-state index in [1.54, 1.807) is 0 Å². The van der Waals surface area contributed by atoms with Crippen LogP contribution in [0.5, 0.6) is 0 Å². The molecule has 28 heavy (non-hydrogen) atoms. The van der Waals surface area contributed by atoms with E-state index >= 15 is 0 Å². The van der Waals surface area contributed by atoms with Crippen LogP contribution in [0.4, 0.5) is 0 Å². The van der Waals surface area contributed by atoms with Crippen LogP contribution in [-0.4, -0.2) is 69.7 Å². The minimum atomic E-state index is -1.38. The van der Waals surface area contributed by atoms with Gasteiger partial charge in [0.25, 0.3) is 0 Å². The van der Waals surface area contributed by atoms with Gasteiger partial charge in [0, 0.05) is 12.8 Å². The number of unbranched alkanes of at least 4 members (excludes halogenated alkanes) is 1. The molecule has 0 aromatic rings. The van der Waals surface area contributed by atoms with Crippen LogP contribution in [-0.2, 0) is 24.0 Å². The maximum atomic E-state index is 11.9. The number of carbonyl (C=O) groups is 5. The topological polar surface area (TPSA) is 222 Å². The highest BCUT2D eigenvalue weighted by Crippen LogP contribution is 2.04. The van der Waals surface area contributed by atoms with Crippen molar-refractivity contribution >= 4 is 29.7 Å². The highest BCUT2D eigenvalue weighted by Gasteiger charge is 2.24. The van der Waals surface area contributed by atoms with E-state index in [0.717, 1.165) is 0 Å². The summed E-state index contributed by atoms with van der Waals surface area (Å²) in [4.78, 5) is 56.6. The van der Waals surface area contributed by atoms with Crippen LogP contribution in [0.25, 0.3) is 0 Å². The molecule has 0 spiro atoms. The van der Waals surface area contributed by atoms with Crippen molar-refractivity contribution in [1.82, 2.24) is 10.6 Å². The Labute approximate surface area is 161 Å². The molecule has 12 heteroatoms. The molecule has 160 valence electrons. The number of nitrogens with one attached hydrogen (secondary N) is 2. The van der Waals surface area contributed by atoms with Crippen LogP contribution in [0, 0.1) is 0 Å². The highest BCUT2D eigenvalue weighted by atomic mass is 16.4. The van der Waals surface area contributed by atoms with Crippen LogP contribution < -0.4 is 22.1 Å². The van der Waals surface area contributed by atoms with Gasteiger partial charge in [-0.2, -0.15) is 0 Å². The van der Waals surface area contributed by atoms with Gasteiger partial charge in [0.05, 0.1) is 0 Å². The molecule has 9 N–H and O–H groups in total. The predicted octanol–water partition coefficient (Wildman–Crippen LogP) is -1.77. The summed E-state index contributed by atoms with van der Waals surface area (Å²) in [5.74, 6) is -5.23. The number of carboxylic acid groups (broad SMARTS) is 3. The average Bonchev–Trinajstić information content (AvgIpc) is 2.61. The molecule has 0 aliphatic carbocycles.